The van der Waals surface area contributed by atoms with Gasteiger partial charge in [0.15, 0.2) is 0 Å². The van der Waals surface area contributed by atoms with E-state index in [-0.39, 0.29) is 11.2 Å². The van der Waals surface area contributed by atoms with Gasteiger partial charge in [-0.15, -0.1) is 11.8 Å². The van der Waals surface area contributed by atoms with Crippen LogP contribution >= 0.6 is 23.4 Å². The first-order chi connectivity index (χ1) is 10.6. The molecule has 2 heterocycles. The van der Waals surface area contributed by atoms with Crippen molar-refractivity contribution < 1.29 is 4.79 Å². The third kappa shape index (κ3) is 2.82. The molecule has 22 heavy (non-hydrogen) atoms. The van der Waals surface area contributed by atoms with Gasteiger partial charge in [0, 0.05) is 24.7 Å². The summed E-state index contributed by atoms with van der Waals surface area (Å²) in [6.07, 6.45) is 4.29. The minimum Gasteiger partial charge on any atom is -0.308 e. The third-order valence-electron chi connectivity index (χ3n) is 3.49. The van der Waals surface area contributed by atoms with Crippen LogP contribution in [-0.4, -0.2) is 27.5 Å². The predicted octanol–water partition coefficient (Wildman–Crippen LogP) is 2.84. The smallest absolute Gasteiger partial charge is 0.240 e. The van der Waals surface area contributed by atoms with Crippen LogP contribution in [0.25, 0.3) is 0 Å². The summed E-state index contributed by atoms with van der Waals surface area (Å²) in [5.41, 5.74) is 1.34. The van der Waals surface area contributed by atoms with E-state index in [2.05, 4.69) is 11.2 Å². The van der Waals surface area contributed by atoms with Crippen LogP contribution in [0.1, 0.15) is 12.0 Å². The van der Waals surface area contributed by atoms with Gasteiger partial charge in [-0.25, -0.2) is 0 Å². The maximum atomic E-state index is 12.5. The molecule has 0 aliphatic carbocycles. The molecule has 2 aromatic rings. The van der Waals surface area contributed by atoms with Crippen molar-refractivity contribution in [3.05, 3.63) is 41.2 Å². The van der Waals surface area contributed by atoms with Crippen LogP contribution < -0.4 is 4.90 Å². The van der Waals surface area contributed by atoms with E-state index < -0.39 is 0 Å². The number of carbonyl (C=O) groups excluding carboxylic acids is 1. The number of halogens is 1. The van der Waals surface area contributed by atoms with Crippen molar-refractivity contribution in [1.82, 2.24) is 9.78 Å². The molecule has 1 aliphatic rings. The molecule has 1 aromatic carbocycles. The van der Waals surface area contributed by atoms with Gasteiger partial charge >= 0.3 is 0 Å². The van der Waals surface area contributed by atoms with Gasteiger partial charge in [0.2, 0.25) is 5.91 Å². The summed E-state index contributed by atoms with van der Waals surface area (Å²) < 4.78 is 1.68. The SMILES string of the molecule is Cn1cc(N2CC[C@@H](Sc3ccc(C#N)cc3Cl)C2=O)cn1. The maximum Gasteiger partial charge on any atom is 0.240 e. The summed E-state index contributed by atoms with van der Waals surface area (Å²) in [5, 5.41) is 13.3. The van der Waals surface area contributed by atoms with Crippen LogP contribution in [0.15, 0.2) is 35.5 Å². The Morgan fingerprint density at radius 2 is 2.32 bits per heavy atom. The molecule has 5 nitrogen and oxygen atoms in total. The van der Waals surface area contributed by atoms with Crippen LogP contribution in [0.3, 0.4) is 0 Å². The van der Waals surface area contributed by atoms with Gasteiger partial charge in [0.05, 0.1) is 33.8 Å². The average molecular weight is 333 g/mol. The minimum absolute atomic E-state index is 0.0680. The molecule has 0 bridgehead atoms. The number of anilines is 1. The van der Waals surface area contributed by atoms with E-state index in [0.29, 0.717) is 17.1 Å². The summed E-state index contributed by atoms with van der Waals surface area (Å²) >= 11 is 7.63. The van der Waals surface area contributed by atoms with Crippen LogP contribution in [0.4, 0.5) is 5.69 Å². The molecule has 0 unspecified atom stereocenters. The first-order valence-corrected chi connectivity index (χ1v) is 8.00. The Labute approximate surface area is 137 Å². The van der Waals surface area contributed by atoms with Crippen LogP contribution in [0.5, 0.6) is 0 Å². The lowest BCUT2D eigenvalue weighted by molar-refractivity contribution is -0.116. The zero-order valence-corrected chi connectivity index (χ0v) is 13.4. The zero-order chi connectivity index (χ0) is 15.7. The van der Waals surface area contributed by atoms with Crippen molar-refractivity contribution in [2.45, 2.75) is 16.6 Å². The number of carbonyl (C=O) groups is 1. The number of aromatic nitrogens is 2. The van der Waals surface area contributed by atoms with Gasteiger partial charge in [0.1, 0.15) is 0 Å². The first kappa shape index (κ1) is 14.9. The lowest BCUT2D eigenvalue weighted by Crippen LogP contribution is -2.27. The average Bonchev–Trinajstić information content (AvgIpc) is 3.08. The number of aryl methyl sites for hydroxylation is 1. The van der Waals surface area contributed by atoms with Crippen molar-refractivity contribution in [2.24, 2.45) is 7.05 Å². The van der Waals surface area contributed by atoms with Gasteiger partial charge in [-0.1, -0.05) is 11.6 Å². The topological polar surface area (TPSA) is 61.9 Å². The maximum absolute atomic E-state index is 12.5. The first-order valence-electron chi connectivity index (χ1n) is 6.75. The highest BCUT2D eigenvalue weighted by Gasteiger charge is 2.34. The molecule has 1 fully saturated rings. The van der Waals surface area contributed by atoms with Gasteiger partial charge in [-0.05, 0) is 24.6 Å². The number of benzene rings is 1. The Bertz CT molecular complexity index is 767. The molecule has 1 aliphatic heterocycles. The number of hydrogen-bond acceptors (Lipinski definition) is 4. The second-order valence-corrected chi connectivity index (χ2v) is 6.67. The van der Waals surface area contributed by atoms with Gasteiger partial charge in [-0.2, -0.15) is 10.4 Å². The molecule has 1 aromatic heterocycles. The monoisotopic (exact) mass is 332 g/mol. The quantitative estimate of drug-likeness (QED) is 0.867. The highest BCUT2D eigenvalue weighted by molar-refractivity contribution is 8.00. The van der Waals surface area contributed by atoms with E-state index in [1.807, 2.05) is 13.2 Å². The standard InChI is InChI=1S/C15H13ClN4OS/c1-19-9-11(8-18-19)20-5-4-14(15(20)21)22-13-3-2-10(7-17)6-12(13)16/h2-3,6,8-9,14H,4-5H2,1H3/t14-/m1/s1. The van der Waals surface area contributed by atoms with Crippen LogP contribution in [0.2, 0.25) is 5.02 Å². The second kappa shape index (κ2) is 6.03. The zero-order valence-electron chi connectivity index (χ0n) is 11.9. The van der Waals surface area contributed by atoms with Crippen molar-refractivity contribution >= 4 is 35.0 Å². The lowest BCUT2D eigenvalue weighted by Gasteiger charge is -2.14. The van der Waals surface area contributed by atoms with Crippen molar-refractivity contribution in [3.8, 4) is 6.07 Å². The second-order valence-electron chi connectivity index (χ2n) is 5.01. The van der Waals surface area contributed by atoms with E-state index >= 15 is 0 Å². The van der Waals surface area contributed by atoms with Crippen molar-refractivity contribution in [3.63, 3.8) is 0 Å². The third-order valence-corrected chi connectivity index (χ3v) is 5.25. The molecule has 1 saturated heterocycles. The Hall–Kier alpha value is -1.97. The van der Waals surface area contributed by atoms with Gasteiger partial charge < -0.3 is 4.90 Å². The fourth-order valence-corrected chi connectivity index (χ4v) is 3.78. The Morgan fingerprint density at radius 1 is 1.50 bits per heavy atom. The normalized spacial score (nSPS) is 17.8. The Morgan fingerprint density at radius 3 is 2.95 bits per heavy atom. The van der Waals surface area contributed by atoms with Crippen molar-refractivity contribution in [1.29, 1.82) is 5.26 Å². The lowest BCUT2D eigenvalue weighted by atomic mass is 10.2. The number of nitriles is 1. The summed E-state index contributed by atoms with van der Waals surface area (Å²) in [4.78, 5) is 15.1. The largest absolute Gasteiger partial charge is 0.308 e. The van der Waals surface area contributed by atoms with E-state index in [9.17, 15) is 4.79 Å². The Balaban J connectivity index is 1.75. The summed E-state index contributed by atoms with van der Waals surface area (Å²) in [6, 6.07) is 7.19. The number of thioether (sulfide) groups is 1. The molecule has 0 N–H and O–H groups in total. The highest BCUT2D eigenvalue weighted by atomic mass is 35.5. The van der Waals surface area contributed by atoms with E-state index in [1.165, 1.54) is 11.8 Å². The van der Waals surface area contributed by atoms with Gasteiger partial charge in [-0.3, -0.25) is 9.48 Å². The fraction of sp³-hybridized carbons (Fsp3) is 0.267. The molecular formula is C15H13ClN4OS. The summed E-state index contributed by atoms with van der Waals surface area (Å²) in [5.74, 6) is 0.0680. The minimum atomic E-state index is -0.161. The predicted molar refractivity (Wildman–Crippen MR) is 86.0 cm³/mol. The fourth-order valence-electron chi connectivity index (χ4n) is 2.39. The van der Waals surface area contributed by atoms with E-state index in [1.54, 1.807) is 34.0 Å². The summed E-state index contributed by atoms with van der Waals surface area (Å²) in [6.45, 7) is 0.677. The number of amides is 1. The van der Waals surface area contributed by atoms with Crippen LogP contribution in [0, 0.1) is 11.3 Å². The van der Waals surface area contributed by atoms with Crippen molar-refractivity contribution in [2.75, 3.05) is 11.4 Å². The number of rotatable bonds is 3. The molecule has 0 saturated carbocycles. The van der Waals surface area contributed by atoms with Gasteiger partial charge in [0.25, 0.3) is 0 Å². The highest BCUT2D eigenvalue weighted by Crippen LogP contribution is 2.36. The molecule has 1 amide bonds. The Kier molecular flexibility index (Phi) is 4.10. The van der Waals surface area contributed by atoms with E-state index in [0.717, 1.165) is 17.0 Å². The molecule has 0 radical (unpaired) electrons. The molecule has 0 spiro atoms. The number of hydrogen-bond donors (Lipinski definition) is 0. The summed E-state index contributed by atoms with van der Waals surface area (Å²) in [7, 11) is 1.83. The van der Waals surface area contributed by atoms with Crippen LogP contribution in [-0.2, 0) is 11.8 Å². The van der Waals surface area contributed by atoms with E-state index in [4.69, 9.17) is 16.9 Å². The molecule has 7 heteroatoms. The molecular weight excluding hydrogens is 320 g/mol. The molecule has 112 valence electrons. The molecule has 3 rings (SSSR count). The molecule has 1 atom stereocenters. The number of nitrogens with zero attached hydrogens (tertiary/aromatic N) is 4.